The number of hydrogen-bond acceptors (Lipinski definition) is 5. The normalized spacial score (nSPS) is 19.2. The Hall–Kier alpha value is -0.490. The van der Waals surface area contributed by atoms with Crippen LogP contribution >= 0.6 is 11.3 Å². The van der Waals surface area contributed by atoms with Gasteiger partial charge in [0, 0.05) is 25.2 Å². The van der Waals surface area contributed by atoms with E-state index in [9.17, 15) is 0 Å². The molecule has 0 bridgehead atoms. The quantitative estimate of drug-likeness (QED) is 0.876. The molecular weight excluding hydrogens is 272 g/mol. The second-order valence-corrected chi connectivity index (χ2v) is 6.30. The summed E-state index contributed by atoms with van der Waals surface area (Å²) >= 11 is 1.68. The van der Waals surface area contributed by atoms with Crippen molar-refractivity contribution in [3.63, 3.8) is 0 Å². The second kappa shape index (κ2) is 6.52. The number of rotatable bonds is 6. The van der Waals surface area contributed by atoms with Crippen LogP contribution in [-0.2, 0) is 20.6 Å². The van der Waals surface area contributed by atoms with Gasteiger partial charge < -0.3 is 15.2 Å². The minimum absolute atomic E-state index is 0.251. The minimum atomic E-state index is -0.327. The fourth-order valence-electron chi connectivity index (χ4n) is 2.80. The van der Waals surface area contributed by atoms with Crippen molar-refractivity contribution < 1.29 is 9.47 Å². The first-order valence-electron chi connectivity index (χ1n) is 7.57. The number of hydrogen-bond donors (Lipinski definition) is 1. The van der Waals surface area contributed by atoms with Gasteiger partial charge in [-0.1, -0.05) is 13.8 Å². The number of nitrogens with two attached hydrogens (primary N) is 1. The van der Waals surface area contributed by atoms with E-state index in [-0.39, 0.29) is 11.1 Å². The molecule has 1 saturated heterocycles. The average molecular weight is 298 g/mol. The maximum atomic E-state index is 6.52. The lowest BCUT2D eigenvalue weighted by Crippen LogP contribution is -2.42. The van der Waals surface area contributed by atoms with Crippen LogP contribution in [-0.4, -0.2) is 24.8 Å². The maximum absolute atomic E-state index is 6.52. The monoisotopic (exact) mass is 298 g/mol. The Bertz CT molecular complexity index is 423. The Labute approximate surface area is 125 Å². The Balaban J connectivity index is 2.26. The SMILES string of the molecule is CCOC(CC)(CC)c1nc(C2(N)CCOCC2)cs1. The van der Waals surface area contributed by atoms with Crippen molar-refractivity contribution in [2.75, 3.05) is 19.8 Å². The Morgan fingerprint density at radius 1 is 1.35 bits per heavy atom. The molecule has 0 radical (unpaired) electrons. The second-order valence-electron chi connectivity index (χ2n) is 5.44. The molecular formula is C15H26N2O2S. The molecule has 4 nitrogen and oxygen atoms in total. The van der Waals surface area contributed by atoms with Crippen molar-refractivity contribution in [1.29, 1.82) is 0 Å². The summed E-state index contributed by atoms with van der Waals surface area (Å²) in [5.74, 6) is 0. The van der Waals surface area contributed by atoms with E-state index in [1.54, 1.807) is 11.3 Å². The molecule has 0 aromatic carbocycles. The van der Waals surface area contributed by atoms with Crippen LogP contribution < -0.4 is 5.73 Å². The highest BCUT2D eigenvalue weighted by Crippen LogP contribution is 2.38. The minimum Gasteiger partial charge on any atom is -0.381 e. The molecule has 0 unspecified atom stereocenters. The van der Waals surface area contributed by atoms with Crippen molar-refractivity contribution in [2.45, 2.75) is 57.6 Å². The van der Waals surface area contributed by atoms with Gasteiger partial charge >= 0.3 is 0 Å². The van der Waals surface area contributed by atoms with Gasteiger partial charge in [0.1, 0.15) is 10.6 Å². The third-order valence-corrected chi connectivity index (χ3v) is 5.38. The first kappa shape index (κ1) is 15.9. The molecule has 0 aliphatic carbocycles. The predicted molar refractivity (Wildman–Crippen MR) is 81.9 cm³/mol. The maximum Gasteiger partial charge on any atom is 0.125 e. The zero-order valence-electron chi connectivity index (χ0n) is 12.8. The molecule has 1 aliphatic heterocycles. The summed E-state index contributed by atoms with van der Waals surface area (Å²) in [7, 11) is 0. The molecule has 1 aromatic rings. The highest BCUT2D eigenvalue weighted by atomic mass is 32.1. The summed E-state index contributed by atoms with van der Waals surface area (Å²) in [4.78, 5) is 4.85. The first-order valence-corrected chi connectivity index (χ1v) is 8.45. The van der Waals surface area contributed by atoms with E-state index in [0.29, 0.717) is 6.61 Å². The van der Waals surface area contributed by atoms with Crippen molar-refractivity contribution in [3.05, 3.63) is 16.1 Å². The first-order chi connectivity index (χ1) is 9.60. The van der Waals surface area contributed by atoms with Gasteiger partial charge in [-0.05, 0) is 32.6 Å². The van der Waals surface area contributed by atoms with E-state index in [1.165, 1.54) is 0 Å². The Morgan fingerprint density at radius 3 is 2.55 bits per heavy atom. The van der Waals surface area contributed by atoms with Gasteiger partial charge in [0.25, 0.3) is 0 Å². The largest absolute Gasteiger partial charge is 0.381 e. The average Bonchev–Trinajstić information content (AvgIpc) is 2.97. The lowest BCUT2D eigenvalue weighted by atomic mass is 9.88. The lowest BCUT2D eigenvalue weighted by Gasteiger charge is -2.32. The third kappa shape index (κ3) is 2.91. The van der Waals surface area contributed by atoms with Crippen LogP contribution in [0.3, 0.4) is 0 Å². The molecule has 1 aliphatic rings. The molecule has 0 atom stereocenters. The summed E-state index contributed by atoms with van der Waals surface area (Å²) in [6.07, 6.45) is 3.56. The summed E-state index contributed by atoms with van der Waals surface area (Å²) in [6.45, 7) is 8.51. The van der Waals surface area contributed by atoms with Crippen molar-refractivity contribution in [2.24, 2.45) is 5.73 Å². The smallest absolute Gasteiger partial charge is 0.125 e. The van der Waals surface area contributed by atoms with Crippen LogP contribution in [0, 0.1) is 0 Å². The number of thiazole rings is 1. The number of ether oxygens (including phenoxy) is 2. The number of nitrogens with zero attached hydrogens (tertiary/aromatic N) is 1. The van der Waals surface area contributed by atoms with Crippen molar-refractivity contribution in [3.8, 4) is 0 Å². The van der Waals surface area contributed by atoms with Gasteiger partial charge in [-0.15, -0.1) is 11.3 Å². The van der Waals surface area contributed by atoms with Crippen LogP contribution in [0.15, 0.2) is 5.38 Å². The van der Waals surface area contributed by atoms with Crippen molar-refractivity contribution >= 4 is 11.3 Å². The molecule has 114 valence electrons. The van der Waals surface area contributed by atoms with E-state index >= 15 is 0 Å². The van der Waals surface area contributed by atoms with Crippen LogP contribution in [0.1, 0.15) is 57.2 Å². The van der Waals surface area contributed by atoms with E-state index < -0.39 is 0 Å². The fourth-order valence-corrected chi connectivity index (χ4v) is 4.02. The van der Waals surface area contributed by atoms with Crippen molar-refractivity contribution in [1.82, 2.24) is 4.98 Å². The van der Waals surface area contributed by atoms with Gasteiger partial charge in [-0.2, -0.15) is 0 Å². The molecule has 0 saturated carbocycles. The van der Waals surface area contributed by atoms with E-state index in [1.807, 2.05) is 6.92 Å². The van der Waals surface area contributed by atoms with Crippen LogP contribution in [0.2, 0.25) is 0 Å². The molecule has 20 heavy (non-hydrogen) atoms. The summed E-state index contributed by atoms with van der Waals surface area (Å²) in [5, 5.41) is 3.18. The van der Waals surface area contributed by atoms with E-state index in [2.05, 4.69) is 19.2 Å². The Kier molecular flexibility index (Phi) is 5.18. The van der Waals surface area contributed by atoms with Gasteiger partial charge in [0.2, 0.25) is 0 Å². The number of aromatic nitrogens is 1. The van der Waals surface area contributed by atoms with Gasteiger partial charge in [0.15, 0.2) is 0 Å². The molecule has 2 N–H and O–H groups in total. The summed E-state index contributed by atoms with van der Waals surface area (Å²) < 4.78 is 11.4. The molecule has 0 amide bonds. The molecule has 1 aromatic heterocycles. The van der Waals surface area contributed by atoms with Gasteiger partial charge in [0.05, 0.1) is 11.2 Å². The third-order valence-electron chi connectivity index (χ3n) is 4.35. The summed E-state index contributed by atoms with van der Waals surface area (Å²) in [5.41, 5.74) is 6.95. The fraction of sp³-hybridized carbons (Fsp3) is 0.800. The topological polar surface area (TPSA) is 57.4 Å². The molecule has 2 rings (SSSR count). The van der Waals surface area contributed by atoms with Gasteiger partial charge in [-0.3, -0.25) is 0 Å². The highest BCUT2D eigenvalue weighted by Gasteiger charge is 2.37. The summed E-state index contributed by atoms with van der Waals surface area (Å²) in [6, 6.07) is 0. The van der Waals surface area contributed by atoms with E-state index in [0.717, 1.165) is 49.6 Å². The molecule has 0 spiro atoms. The van der Waals surface area contributed by atoms with Crippen LogP contribution in [0.5, 0.6) is 0 Å². The molecule has 2 heterocycles. The standard InChI is InChI=1S/C15H26N2O2S/c1-4-15(5-2,19-6-3)13-17-12(11-20-13)14(16)7-9-18-10-8-14/h11H,4-10,16H2,1-3H3. The highest BCUT2D eigenvalue weighted by molar-refractivity contribution is 7.09. The van der Waals surface area contributed by atoms with Gasteiger partial charge in [-0.25, -0.2) is 4.98 Å². The predicted octanol–water partition coefficient (Wildman–Crippen LogP) is 3.16. The zero-order valence-corrected chi connectivity index (χ0v) is 13.6. The molecule has 5 heteroatoms. The van der Waals surface area contributed by atoms with Crippen LogP contribution in [0.4, 0.5) is 0 Å². The van der Waals surface area contributed by atoms with Crippen LogP contribution in [0.25, 0.3) is 0 Å². The lowest BCUT2D eigenvalue weighted by molar-refractivity contribution is -0.0509. The van der Waals surface area contributed by atoms with E-state index in [4.69, 9.17) is 20.2 Å². The molecule has 1 fully saturated rings. The zero-order chi connectivity index (χ0) is 14.6. The Morgan fingerprint density at radius 2 is 2.00 bits per heavy atom.